The molecule has 0 radical (unpaired) electrons. The molecule has 1 amide bonds. The van der Waals surface area contributed by atoms with Gasteiger partial charge in [-0.25, -0.2) is 4.98 Å². The van der Waals surface area contributed by atoms with Crippen LogP contribution in [0.1, 0.15) is 36.3 Å². The molecule has 0 aliphatic heterocycles. The first-order chi connectivity index (χ1) is 15.3. The number of para-hydroxylation sites is 1. The first-order valence-corrected chi connectivity index (χ1v) is 10.4. The van der Waals surface area contributed by atoms with E-state index in [1.54, 1.807) is 0 Å². The molecule has 6 heteroatoms. The Labute approximate surface area is 180 Å². The molecule has 3 aromatic carbocycles. The van der Waals surface area contributed by atoms with E-state index in [0.29, 0.717) is 23.2 Å². The van der Waals surface area contributed by atoms with Crippen molar-refractivity contribution >= 4 is 11.6 Å². The first-order valence-electron chi connectivity index (χ1n) is 10.4. The minimum atomic E-state index is -0.766. The second kappa shape index (κ2) is 8.44. The van der Waals surface area contributed by atoms with Gasteiger partial charge in [0.25, 0.3) is 5.91 Å². The van der Waals surface area contributed by atoms with Crippen molar-refractivity contribution in [3.05, 3.63) is 96.3 Å². The number of rotatable bonds is 7. The first kappa shape index (κ1) is 19.1. The number of anilines is 1. The largest absolute Gasteiger partial charge is 0.476 e. The topological polar surface area (TPSA) is 79.9 Å². The highest BCUT2D eigenvalue weighted by Crippen LogP contribution is 2.38. The number of hydrogen-bond acceptors (Lipinski definition) is 4. The summed E-state index contributed by atoms with van der Waals surface area (Å²) in [6.45, 7) is 0. The van der Waals surface area contributed by atoms with Crippen LogP contribution in [0.25, 0.3) is 11.4 Å². The molecular formula is C25H22N4O2. The van der Waals surface area contributed by atoms with E-state index in [2.05, 4.69) is 20.5 Å². The molecule has 1 atom stereocenters. The predicted octanol–water partition coefficient (Wildman–Crippen LogP) is 5.11. The highest BCUT2D eigenvalue weighted by atomic mass is 16.5. The number of aromatic amines is 1. The molecule has 1 aliphatic rings. The maximum absolute atomic E-state index is 13.1. The molecule has 0 spiro atoms. The van der Waals surface area contributed by atoms with E-state index < -0.39 is 6.10 Å². The van der Waals surface area contributed by atoms with Crippen molar-refractivity contribution in [1.82, 2.24) is 15.2 Å². The van der Waals surface area contributed by atoms with Crippen molar-refractivity contribution in [2.45, 2.75) is 24.9 Å². The molecule has 4 aromatic rings. The number of carbonyl (C=O) groups excluding carboxylic acids is 1. The number of benzene rings is 3. The van der Waals surface area contributed by atoms with Gasteiger partial charge in [-0.2, -0.15) is 5.10 Å². The highest BCUT2D eigenvalue weighted by molar-refractivity contribution is 5.95. The number of ether oxygens (including phenoxy) is 1. The summed E-state index contributed by atoms with van der Waals surface area (Å²) in [5.74, 6) is 2.56. The lowest BCUT2D eigenvalue weighted by Crippen LogP contribution is -2.25. The Hall–Kier alpha value is -3.93. The van der Waals surface area contributed by atoms with Crippen LogP contribution in [0.5, 0.6) is 5.75 Å². The molecule has 1 unspecified atom stereocenters. The Bertz CT molecular complexity index is 1150. The maximum atomic E-state index is 13.1. The lowest BCUT2D eigenvalue weighted by atomic mass is 10.1. The summed E-state index contributed by atoms with van der Waals surface area (Å²) in [5.41, 5.74) is 2.37. The maximum Gasteiger partial charge on any atom is 0.270 e. The molecule has 0 bridgehead atoms. The van der Waals surface area contributed by atoms with Crippen LogP contribution in [0, 0.1) is 0 Å². The quantitative estimate of drug-likeness (QED) is 0.444. The van der Waals surface area contributed by atoms with E-state index in [0.717, 1.165) is 17.0 Å². The minimum absolute atomic E-state index is 0.239. The van der Waals surface area contributed by atoms with Crippen LogP contribution in [-0.4, -0.2) is 21.1 Å². The van der Waals surface area contributed by atoms with Crippen LogP contribution in [0.4, 0.5) is 5.69 Å². The Kier molecular flexibility index (Phi) is 5.19. The van der Waals surface area contributed by atoms with Crippen LogP contribution < -0.4 is 10.1 Å². The Morgan fingerprint density at radius 1 is 0.935 bits per heavy atom. The lowest BCUT2D eigenvalue weighted by molar-refractivity contribution is -0.123. The highest BCUT2D eigenvalue weighted by Gasteiger charge is 2.27. The summed E-state index contributed by atoms with van der Waals surface area (Å²) in [5, 5.41) is 10.3. The fraction of sp³-hybridized carbons (Fsp3) is 0.160. The average Bonchev–Trinajstić information content (AvgIpc) is 3.56. The summed E-state index contributed by atoms with van der Waals surface area (Å²) in [6.07, 6.45) is 1.58. The van der Waals surface area contributed by atoms with E-state index in [1.807, 2.05) is 84.9 Å². The Morgan fingerprint density at radius 2 is 1.61 bits per heavy atom. The molecule has 31 heavy (non-hydrogen) atoms. The van der Waals surface area contributed by atoms with Crippen LogP contribution in [-0.2, 0) is 4.79 Å². The number of amides is 1. The standard InChI is InChI=1S/C25H22N4O2/c30-25(22(17-7-3-1-4-8-17)31-21-9-5-2-6-10-21)26-20-15-13-19(14-16-20)24-27-23(28-29-24)18-11-12-18/h1-10,13-16,18,22H,11-12H2,(H,26,30)(H,27,28,29). The van der Waals surface area contributed by atoms with Crippen LogP contribution >= 0.6 is 0 Å². The summed E-state index contributed by atoms with van der Waals surface area (Å²) in [7, 11) is 0. The number of carbonyl (C=O) groups is 1. The fourth-order valence-electron chi connectivity index (χ4n) is 3.39. The molecule has 1 heterocycles. The molecule has 2 N–H and O–H groups in total. The molecule has 0 saturated heterocycles. The number of nitrogens with one attached hydrogen (secondary N) is 2. The van der Waals surface area contributed by atoms with Crippen LogP contribution in [0.3, 0.4) is 0 Å². The molecular weight excluding hydrogens is 388 g/mol. The molecule has 154 valence electrons. The summed E-state index contributed by atoms with van der Waals surface area (Å²) in [6, 6.07) is 26.3. The van der Waals surface area contributed by atoms with Crippen molar-refractivity contribution in [3.8, 4) is 17.1 Å². The monoisotopic (exact) mass is 410 g/mol. The van der Waals surface area contributed by atoms with Gasteiger partial charge in [0.2, 0.25) is 6.10 Å². The van der Waals surface area contributed by atoms with E-state index in [9.17, 15) is 4.79 Å². The number of hydrogen-bond donors (Lipinski definition) is 2. The smallest absolute Gasteiger partial charge is 0.270 e. The van der Waals surface area contributed by atoms with Crippen molar-refractivity contribution < 1.29 is 9.53 Å². The van der Waals surface area contributed by atoms with Gasteiger partial charge in [-0.15, -0.1) is 0 Å². The molecule has 1 aromatic heterocycles. The zero-order valence-electron chi connectivity index (χ0n) is 16.9. The van der Waals surface area contributed by atoms with Gasteiger partial charge >= 0.3 is 0 Å². The second-order valence-corrected chi connectivity index (χ2v) is 7.61. The Balaban J connectivity index is 1.32. The van der Waals surface area contributed by atoms with Crippen molar-refractivity contribution in [3.63, 3.8) is 0 Å². The van der Waals surface area contributed by atoms with Crippen LogP contribution in [0.2, 0.25) is 0 Å². The van der Waals surface area contributed by atoms with Gasteiger partial charge in [-0.3, -0.25) is 9.89 Å². The van der Waals surface area contributed by atoms with E-state index >= 15 is 0 Å². The normalized spacial score (nSPS) is 14.1. The van der Waals surface area contributed by atoms with E-state index in [-0.39, 0.29) is 5.91 Å². The zero-order chi connectivity index (χ0) is 21.0. The zero-order valence-corrected chi connectivity index (χ0v) is 16.9. The molecule has 1 fully saturated rings. The number of aromatic nitrogens is 3. The van der Waals surface area contributed by atoms with Gasteiger partial charge in [-0.1, -0.05) is 48.5 Å². The predicted molar refractivity (Wildman–Crippen MR) is 119 cm³/mol. The van der Waals surface area contributed by atoms with Gasteiger partial charge in [0.1, 0.15) is 11.6 Å². The molecule has 5 rings (SSSR count). The number of nitrogens with zero attached hydrogens (tertiary/aromatic N) is 2. The van der Waals surface area contributed by atoms with Gasteiger partial charge < -0.3 is 10.1 Å². The lowest BCUT2D eigenvalue weighted by Gasteiger charge is -2.19. The second-order valence-electron chi connectivity index (χ2n) is 7.61. The average molecular weight is 410 g/mol. The van der Waals surface area contributed by atoms with Crippen LogP contribution in [0.15, 0.2) is 84.9 Å². The summed E-state index contributed by atoms with van der Waals surface area (Å²) in [4.78, 5) is 17.7. The van der Waals surface area contributed by atoms with Crippen molar-refractivity contribution in [2.75, 3.05) is 5.32 Å². The third-order valence-corrected chi connectivity index (χ3v) is 5.21. The van der Waals surface area contributed by atoms with Gasteiger partial charge in [-0.05, 0) is 49.2 Å². The third kappa shape index (κ3) is 4.48. The van der Waals surface area contributed by atoms with Crippen molar-refractivity contribution in [1.29, 1.82) is 0 Å². The van der Waals surface area contributed by atoms with Gasteiger partial charge in [0.05, 0.1) is 0 Å². The molecule has 6 nitrogen and oxygen atoms in total. The minimum Gasteiger partial charge on any atom is -0.476 e. The van der Waals surface area contributed by atoms with E-state index in [1.165, 1.54) is 12.8 Å². The van der Waals surface area contributed by atoms with E-state index in [4.69, 9.17) is 4.74 Å². The van der Waals surface area contributed by atoms with Gasteiger partial charge in [0.15, 0.2) is 5.82 Å². The van der Waals surface area contributed by atoms with Gasteiger partial charge in [0, 0.05) is 22.7 Å². The Morgan fingerprint density at radius 3 is 2.29 bits per heavy atom. The van der Waals surface area contributed by atoms with Crippen molar-refractivity contribution in [2.24, 2.45) is 0 Å². The molecule has 1 aliphatic carbocycles. The SMILES string of the molecule is O=C(Nc1ccc(-c2n[nH]c(C3CC3)n2)cc1)C(Oc1ccccc1)c1ccccc1. The third-order valence-electron chi connectivity index (χ3n) is 5.21. The molecule has 1 saturated carbocycles. The summed E-state index contributed by atoms with van der Waals surface area (Å²) < 4.78 is 6.02. The summed E-state index contributed by atoms with van der Waals surface area (Å²) >= 11 is 0. The number of H-pyrrole nitrogens is 1. The fourth-order valence-corrected chi connectivity index (χ4v) is 3.39.